The summed E-state index contributed by atoms with van der Waals surface area (Å²) >= 11 is 3.47. The molecule has 25 heavy (non-hydrogen) atoms. The fourth-order valence-corrected chi connectivity index (χ4v) is 5.07. The van der Waals surface area contributed by atoms with Crippen LogP contribution in [-0.4, -0.2) is 14.2 Å². The first-order valence-electron chi connectivity index (χ1n) is 8.24. The Labute approximate surface area is 158 Å². The molecule has 2 heterocycles. The maximum Gasteiger partial charge on any atom is 0.133 e. The number of thiophene rings is 2. The van der Waals surface area contributed by atoms with E-state index in [1.807, 2.05) is 19.1 Å². The summed E-state index contributed by atoms with van der Waals surface area (Å²) in [6.07, 6.45) is 2.86. The molecule has 2 aromatic heterocycles. The largest absolute Gasteiger partial charge is 0.501 e. The van der Waals surface area contributed by atoms with E-state index in [9.17, 15) is 0 Å². The van der Waals surface area contributed by atoms with Crippen molar-refractivity contribution >= 4 is 34.8 Å². The fourth-order valence-electron chi connectivity index (χ4n) is 2.67. The molecule has 0 N–H and O–H groups in total. The van der Waals surface area contributed by atoms with Crippen molar-refractivity contribution in [2.75, 3.05) is 14.2 Å². The number of allylic oxidation sites excluding steroid dienone is 3. The van der Waals surface area contributed by atoms with Gasteiger partial charge in [0.15, 0.2) is 0 Å². The van der Waals surface area contributed by atoms with Crippen molar-refractivity contribution in [3.05, 3.63) is 61.0 Å². The number of hydrogen-bond donors (Lipinski definition) is 0. The Morgan fingerprint density at radius 3 is 2.52 bits per heavy atom. The third-order valence-electron chi connectivity index (χ3n) is 3.96. The van der Waals surface area contributed by atoms with E-state index in [4.69, 9.17) is 9.47 Å². The Kier molecular flexibility index (Phi) is 6.68. The van der Waals surface area contributed by atoms with Crippen molar-refractivity contribution in [3.8, 4) is 5.75 Å². The Hall–Kier alpha value is -1.78. The van der Waals surface area contributed by atoms with Gasteiger partial charge in [-0.2, -0.15) is 0 Å². The Balaban J connectivity index is 2.80. The van der Waals surface area contributed by atoms with Gasteiger partial charge >= 0.3 is 0 Å². The predicted molar refractivity (Wildman–Crippen MR) is 111 cm³/mol. The number of methoxy groups -OCH3 is 2. The molecule has 0 saturated heterocycles. The minimum atomic E-state index is 0.573. The molecule has 0 radical (unpaired) electrons. The van der Waals surface area contributed by atoms with E-state index in [2.05, 4.69) is 38.5 Å². The van der Waals surface area contributed by atoms with Crippen LogP contribution in [0, 0.1) is 5.92 Å². The average Bonchev–Trinajstić information content (AvgIpc) is 3.17. The van der Waals surface area contributed by atoms with Gasteiger partial charge in [0.25, 0.3) is 0 Å². The van der Waals surface area contributed by atoms with Crippen molar-refractivity contribution in [1.29, 1.82) is 0 Å². The van der Waals surface area contributed by atoms with E-state index in [0.29, 0.717) is 5.92 Å². The third kappa shape index (κ3) is 4.25. The predicted octanol–water partition coefficient (Wildman–Crippen LogP) is 4.73. The first-order valence-corrected chi connectivity index (χ1v) is 9.94. The van der Waals surface area contributed by atoms with Gasteiger partial charge in [-0.25, -0.2) is 0 Å². The van der Waals surface area contributed by atoms with Crippen LogP contribution in [0.2, 0.25) is 0 Å². The van der Waals surface area contributed by atoms with E-state index in [-0.39, 0.29) is 0 Å². The van der Waals surface area contributed by atoms with Crippen LogP contribution in [0.15, 0.2) is 41.5 Å². The van der Waals surface area contributed by atoms with E-state index >= 15 is 0 Å². The second-order valence-electron chi connectivity index (χ2n) is 6.23. The molecule has 0 atom stereocenters. The van der Waals surface area contributed by atoms with Gasteiger partial charge < -0.3 is 9.47 Å². The van der Waals surface area contributed by atoms with E-state index in [0.717, 1.165) is 43.7 Å². The quantitative estimate of drug-likeness (QED) is 0.515. The smallest absolute Gasteiger partial charge is 0.133 e. The van der Waals surface area contributed by atoms with Gasteiger partial charge in [0, 0.05) is 25.4 Å². The van der Waals surface area contributed by atoms with Crippen molar-refractivity contribution in [2.24, 2.45) is 5.92 Å². The number of rotatable bonds is 7. The van der Waals surface area contributed by atoms with Crippen LogP contribution in [-0.2, 0) is 11.2 Å². The van der Waals surface area contributed by atoms with Crippen LogP contribution in [0.25, 0.3) is 12.2 Å². The molecule has 2 aromatic rings. The third-order valence-corrected chi connectivity index (χ3v) is 6.09. The first kappa shape index (κ1) is 19.5. The number of hydrogen-bond acceptors (Lipinski definition) is 4. The summed E-state index contributed by atoms with van der Waals surface area (Å²) in [6.45, 7) is 14.6. The average molecular weight is 375 g/mol. The van der Waals surface area contributed by atoms with Gasteiger partial charge in [0.2, 0.25) is 0 Å². The normalized spacial score (nSPS) is 13.5. The molecule has 0 unspecified atom stereocenters. The Morgan fingerprint density at radius 2 is 2.04 bits per heavy atom. The standard InChI is InChI=1S/C21H26O2S2/c1-8-16(15(5)22-6)20(21-14(4)9-10-24-21)19-12-17(23-7)18(25-19)11-13(2)3/h8-10,12-13H,1,4,11H2,2-3,5-7H3/b16-15+,21-20-. The highest BCUT2D eigenvalue weighted by atomic mass is 32.1. The molecular formula is C21H26O2S2. The molecule has 0 spiro atoms. The zero-order valence-electron chi connectivity index (χ0n) is 15.6. The molecule has 4 heteroatoms. The summed E-state index contributed by atoms with van der Waals surface area (Å²) in [5.74, 6) is 2.37. The molecule has 0 aliphatic heterocycles. The molecule has 0 amide bonds. The molecule has 0 bridgehead atoms. The summed E-state index contributed by atoms with van der Waals surface area (Å²) in [7, 11) is 3.42. The lowest BCUT2D eigenvalue weighted by atomic mass is 10.0. The van der Waals surface area contributed by atoms with Crippen LogP contribution in [0.5, 0.6) is 5.75 Å². The van der Waals surface area contributed by atoms with Crippen molar-refractivity contribution in [2.45, 2.75) is 27.2 Å². The first-order chi connectivity index (χ1) is 11.9. The zero-order chi connectivity index (χ0) is 18.6. The molecule has 0 aliphatic rings. The van der Waals surface area contributed by atoms with E-state index < -0.39 is 0 Å². The molecule has 0 saturated carbocycles. The topological polar surface area (TPSA) is 18.5 Å². The number of ether oxygens (including phenoxy) is 2. The molecule has 0 aromatic carbocycles. The van der Waals surface area contributed by atoms with Gasteiger partial charge in [-0.1, -0.05) is 33.1 Å². The molecule has 2 rings (SSSR count). The second kappa shape index (κ2) is 8.54. The molecule has 0 aliphatic carbocycles. The fraction of sp³-hybridized carbons (Fsp3) is 0.333. The van der Waals surface area contributed by atoms with Gasteiger partial charge in [-0.15, -0.1) is 22.7 Å². The lowest BCUT2D eigenvalue weighted by Gasteiger charge is -2.10. The van der Waals surface area contributed by atoms with Gasteiger partial charge in [0.05, 0.1) is 14.2 Å². The SMILES string of the molecule is C=CC(/C(c1cc(OC)c(CC(C)C)s1)=c1/sccc1=C)=C(/C)OC. The van der Waals surface area contributed by atoms with Crippen molar-refractivity contribution in [1.82, 2.24) is 0 Å². The summed E-state index contributed by atoms with van der Waals surface area (Å²) in [5, 5.41) is 3.08. The maximum atomic E-state index is 5.64. The Bertz CT molecular complexity index is 881. The zero-order valence-corrected chi connectivity index (χ0v) is 17.3. The maximum absolute atomic E-state index is 5.64. The second-order valence-corrected chi connectivity index (χ2v) is 8.28. The highest BCUT2D eigenvalue weighted by Crippen LogP contribution is 2.37. The summed E-state index contributed by atoms with van der Waals surface area (Å²) < 4.78 is 12.3. The van der Waals surface area contributed by atoms with Gasteiger partial charge in [0.1, 0.15) is 11.5 Å². The highest BCUT2D eigenvalue weighted by Gasteiger charge is 2.18. The molecule has 2 nitrogen and oxygen atoms in total. The van der Waals surface area contributed by atoms with Crippen molar-refractivity contribution < 1.29 is 9.47 Å². The van der Waals surface area contributed by atoms with Crippen molar-refractivity contribution in [3.63, 3.8) is 0 Å². The van der Waals surface area contributed by atoms with Crippen LogP contribution in [0.1, 0.15) is 30.5 Å². The monoisotopic (exact) mass is 374 g/mol. The Morgan fingerprint density at radius 1 is 1.32 bits per heavy atom. The summed E-state index contributed by atoms with van der Waals surface area (Å²) in [6, 6.07) is 4.17. The van der Waals surface area contributed by atoms with Crippen LogP contribution in [0.4, 0.5) is 0 Å². The van der Waals surface area contributed by atoms with Gasteiger partial charge in [-0.3, -0.25) is 0 Å². The van der Waals surface area contributed by atoms with Crippen LogP contribution in [0.3, 0.4) is 0 Å². The lowest BCUT2D eigenvalue weighted by molar-refractivity contribution is 0.291. The summed E-state index contributed by atoms with van der Waals surface area (Å²) in [4.78, 5) is 2.43. The summed E-state index contributed by atoms with van der Waals surface area (Å²) in [5.41, 5.74) is 2.11. The van der Waals surface area contributed by atoms with Crippen LogP contribution < -0.4 is 14.5 Å². The lowest BCUT2D eigenvalue weighted by Crippen LogP contribution is -2.20. The highest BCUT2D eigenvalue weighted by molar-refractivity contribution is 7.14. The van der Waals surface area contributed by atoms with E-state index in [1.165, 1.54) is 4.88 Å². The van der Waals surface area contributed by atoms with Gasteiger partial charge in [-0.05, 0) is 42.0 Å². The molecule has 134 valence electrons. The van der Waals surface area contributed by atoms with Crippen LogP contribution >= 0.6 is 22.7 Å². The minimum absolute atomic E-state index is 0.573. The molecule has 0 fully saturated rings. The minimum Gasteiger partial charge on any atom is -0.501 e. The molecular weight excluding hydrogens is 348 g/mol. The van der Waals surface area contributed by atoms with E-state index in [1.54, 1.807) is 36.9 Å².